The van der Waals surface area contributed by atoms with Gasteiger partial charge in [-0.25, -0.2) is 9.59 Å². The van der Waals surface area contributed by atoms with E-state index in [4.69, 9.17) is 4.74 Å². The van der Waals surface area contributed by atoms with E-state index in [-0.39, 0.29) is 13.0 Å². The van der Waals surface area contributed by atoms with Crippen LogP contribution in [0.15, 0.2) is 0 Å². The van der Waals surface area contributed by atoms with Gasteiger partial charge in [-0.1, -0.05) is 0 Å². The van der Waals surface area contributed by atoms with Crippen molar-refractivity contribution in [2.45, 2.75) is 32.0 Å². The number of carbonyl (C=O) groups excluding carboxylic acids is 2. The molecule has 1 rings (SSSR count). The predicted octanol–water partition coefficient (Wildman–Crippen LogP) is -0.384. The van der Waals surface area contributed by atoms with Gasteiger partial charge in [0.05, 0.1) is 6.61 Å². The van der Waals surface area contributed by atoms with E-state index in [9.17, 15) is 14.7 Å². The topological polar surface area (TPSA) is 72.8 Å². The number of carbonyl (C=O) groups is 2. The third kappa shape index (κ3) is 2.69. The number of esters is 2. The van der Waals surface area contributed by atoms with Crippen LogP contribution in [0.1, 0.15) is 19.8 Å². The van der Waals surface area contributed by atoms with Crippen LogP contribution in [-0.2, 0) is 19.1 Å². The van der Waals surface area contributed by atoms with Crippen LogP contribution in [0.25, 0.3) is 0 Å². The maximum absolute atomic E-state index is 11.0. The van der Waals surface area contributed by atoms with Gasteiger partial charge < -0.3 is 14.6 Å². The van der Waals surface area contributed by atoms with Crippen molar-refractivity contribution in [1.29, 1.82) is 0 Å². The minimum atomic E-state index is -1.14. The maximum atomic E-state index is 11.0. The molecular weight excluding hydrogens is 176 g/mol. The molecule has 0 saturated carbocycles. The first kappa shape index (κ1) is 9.98. The Morgan fingerprint density at radius 3 is 2.77 bits per heavy atom. The second-order valence-corrected chi connectivity index (χ2v) is 2.90. The van der Waals surface area contributed by atoms with E-state index in [1.165, 1.54) is 6.92 Å². The number of hydrogen-bond donors (Lipinski definition) is 1. The lowest BCUT2D eigenvalue weighted by molar-refractivity contribution is -0.169. The molecule has 0 spiro atoms. The minimum Gasteiger partial charge on any atom is -0.463 e. The summed E-state index contributed by atoms with van der Waals surface area (Å²) in [6, 6.07) is 0. The third-order valence-electron chi connectivity index (χ3n) is 1.76. The van der Waals surface area contributed by atoms with Gasteiger partial charge in [0.1, 0.15) is 0 Å². The lowest BCUT2D eigenvalue weighted by atomic mass is 10.2. The fourth-order valence-corrected chi connectivity index (χ4v) is 0.986. The number of ether oxygens (including phenoxy) is 2. The lowest BCUT2D eigenvalue weighted by Crippen LogP contribution is -2.30. The summed E-state index contributed by atoms with van der Waals surface area (Å²) in [5.74, 6) is -1.33. The summed E-state index contributed by atoms with van der Waals surface area (Å²) in [5.41, 5.74) is 0. The van der Waals surface area contributed by atoms with Gasteiger partial charge in [0, 0.05) is 0 Å². The molecule has 13 heavy (non-hydrogen) atoms. The Morgan fingerprint density at radius 2 is 2.08 bits per heavy atom. The number of aliphatic hydroxyl groups is 1. The molecule has 1 saturated heterocycles. The average molecular weight is 188 g/mol. The molecule has 0 bridgehead atoms. The molecule has 1 aliphatic heterocycles. The molecule has 0 unspecified atom stereocenters. The molecule has 1 heterocycles. The Labute approximate surface area is 75.6 Å². The van der Waals surface area contributed by atoms with Gasteiger partial charge in [0.2, 0.25) is 0 Å². The highest BCUT2D eigenvalue weighted by Gasteiger charge is 2.25. The van der Waals surface area contributed by atoms with Crippen molar-refractivity contribution in [1.82, 2.24) is 0 Å². The van der Waals surface area contributed by atoms with Crippen LogP contribution in [0.4, 0.5) is 0 Å². The van der Waals surface area contributed by atoms with Crippen molar-refractivity contribution in [2.75, 3.05) is 6.61 Å². The summed E-state index contributed by atoms with van der Waals surface area (Å²) in [6.45, 7) is 1.63. The van der Waals surface area contributed by atoms with E-state index >= 15 is 0 Å². The zero-order valence-electron chi connectivity index (χ0n) is 7.36. The summed E-state index contributed by atoms with van der Waals surface area (Å²) in [4.78, 5) is 22.0. The Hall–Kier alpha value is -1.10. The lowest BCUT2D eigenvalue weighted by Gasteiger charge is -2.11. The summed E-state index contributed by atoms with van der Waals surface area (Å²) < 4.78 is 9.38. The highest BCUT2D eigenvalue weighted by atomic mass is 16.6. The second-order valence-electron chi connectivity index (χ2n) is 2.90. The molecule has 0 radical (unpaired) electrons. The molecular formula is C8H12O5. The van der Waals surface area contributed by atoms with Crippen LogP contribution < -0.4 is 0 Å². The molecule has 1 N–H and O–H groups in total. The van der Waals surface area contributed by atoms with E-state index in [1.807, 2.05) is 0 Å². The summed E-state index contributed by atoms with van der Waals surface area (Å²) in [7, 11) is 0. The Bertz CT molecular complexity index is 213. The largest absolute Gasteiger partial charge is 0.463 e. The van der Waals surface area contributed by atoms with Crippen molar-refractivity contribution in [3.8, 4) is 0 Å². The first-order valence-corrected chi connectivity index (χ1v) is 4.16. The van der Waals surface area contributed by atoms with Crippen molar-refractivity contribution in [2.24, 2.45) is 0 Å². The van der Waals surface area contributed by atoms with Crippen LogP contribution in [0.5, 0.6) is 0 Å². The molecule has 0 aliphatic carbocycles. The molecule has 0 aromatic heterocycles. The first-order valence-electron chi connectivity index (χ1n) is 4.16. The van der Waals surface area contributed by atoms with Gasteiger partial charge in [-0.3, -0.25) is 0 Å². The predicted molar refractivity (Wildman–Crippen MR) is 41.8 cm³/mol. The molecule has 74 valence electrons. The maximum Gasteiger partial charge on any atom is 0.347 e. The molecule has 0 aromatic carbocycles. The normalized spacial score (nSPS) is 30.9. The number of cyclic esters (lactones) is 2. The third-order valence-corrected chi connectivity index (χ3v) is 1.76. The highest BCUT2D eigenvalue weighted by Crippen LogP contribution is 2.07. The Balaban J connectivity index is 2.61. The zero-order chi connectivity index (χ0) is 9.84. The first-order chi connectivity index (χ1) is 6.11. The van der Waals surface area contributed by atoms with Gasteiger partial charge in [-0.2, -0.15) is 0 Å². The molecule has 1 aliphatic rings. The molecule has 2 atom stereocenters. The van der Waals surface area contributed by atoms with Crippen LogP contribution in [0, 0.1) is 0 Å². The summed E-state index contributed by atoms with van der Waals surface area (Å²) in [5, 5.41) is 9.17. The molecule has 5 nitrogen and oxygen atoms in total. The van der Waals surface area contributed by atoms with E-state index in [1.54, 1.807) is 0 Å². The quantitative estimate of drug-likeness (QED) is 0.524. The van der Waals surface area contributed by atoms with Gasteiger partial charge >= 0.3 is 11.9 Å². The van der Waals surface area contributed by atoms with E-state index < -0.39 is 24.1 Å². The number of rotatable bonds is 0. The molecule has 1 fully saturated rings. The minimum absolute atomic E-state index is 0.219. The average Bonchev–Trinajstić information content (AvgIpc) is 2.13. The van der Waals surface area contributed by atoms with Crippen molar-refractivity contribution < 1.29 is 24.2 Å². The zero-order valence-corrected chi connectivity index (χ0v) is 7.36. The van der Waals surface area contributed by atoms with Crippen molar-refractivity contribution >= 4 is 11.9 Å². The van der Waals surface area contributed by atoms with Gasteiger partial charge in [0.15, 0.2) is 12.2 Å². The SMILES string of the molecule is C[C@@H]1OC(=O)[C@@H](O)CCCOC1=O. The fraction of sp³-hybridized carbons (Fsp3) is 0.750. The Kier molecular flexibility index (Phi) is 3.25. The molecule has 5 heteroatoms. The fourth-order valence-electron chi connectivity index (χ4n) is 0.986. The second kappa shape index (κ2) is 4.23. The summed E-state index contributed by atoms with van der Waals surface area (Å²) in [6.07, 6.45) is -1.34. The summed E-state index contributed by atoms with van der Waals surface area (Å²) >= 11 is 0. The van der Waals surface area contributed by atoms with Crippen LogP contribution in [0.3, 0.4) is 0 Å². The van der Waals surface area contributed by atoms with Crippen LogP contribution >= 0.6 is 0 Å². The number of aliphatic hydroxyl groups excluding tert-OH is 1. The van der Waals surface area contributed by atoms with Gasteiger partial charge in [-0.15, -0.1) is 0 Å². The Morgan fingerprint density at radius 1 is 1.38 bits per heavy atom. The van der Waals surface area contributed by atoms with Crippen molar-refractivity contribution in [3.05, 3.63) is 0 Å². The smallest absolute Gasteiger partial charge is 0.347 e. The van der Waals surface area contributed by atoms with Gasteiger partial charge in [0.25, 0.3) is 0 Å². The van der Waals surface area contributed by atoms with Crippen molar-refractivity contribution in [3.63, 3.8) is 0 Å². The molecule has 0 amide bonds. The highest BCUT2D eigenvalue weighted by molar-refractivity contribution is 5.81. The number of hydrogen-bond acceptors (Lipinski definition) is 5. The van der Waals surface area contributed by atoms with Crippen LogP contribution in [-0.4, -0.2) is 35.9 Å². The standard InChI is InChI=1S/C8H12O5/c1-5-7(10)12-4-2-3-6(9)8(11)13-5/h5-6,9H,2-4H2,1H3/t5-,6-/m0/s1. The van der Waals surface area contributed by atoms with E-state index in [0.717, 1.165) is 0 Å². The van der Waals surface area contributed by atoms with E-state index in [2.05, 4.69) is 4.74 Å². The van der Waals surface area contributed by atoms with Gasteiger partial charge in [-0.05, 0) is 19.8 Å². The molecule has 0 aromatic rings. The van der Waals surface area contributed by atoms with E-state index in [0.29, 0.717) is 6.42 Å². The van der Waals surface area contributed by atoms with Crippen LogP contribution in [0.2, 0.25) is 0 Å². The monoisotopic (exact) mass is 188 g/mol.